The van der Waals surface area contributed by atoms with Crippen molar-refractivity contribution in [2.45, 2.75) is 38.0 Å². The van der Waals surface area contributed by atoms with Gasteiger partial charge in [-0.1, -0.05) is 32.4 Å². The van der Waals surface area contributed by atoms with Crippen LogP contribution in [0.5, 0.6) is 0 Å². The van der Waals surface area contributed by atoms with E-state index in [4.69, 9.17) is 0 Å². The summed E-state index contributed by atoms with van der Waals surface area (Å²) in [6, 6.07) is 7.11. The molecule has 0 radical (unpaired) electrons. The molecule has 0 spiro atoms. The van der Waals surface area contributed by atoms with Crippen molar-refractivity contribution in [3.8, 4) is 0 Å². The van der Waals surface area contributed by atoms with Gasteiger partial charge in [-0.05, 0) is 37.1 Å². The number of rotatable bonds is 9. The van der Waals surface area contributed by atoms with Crippen molar-refractivity contribution in [3.05, 3.63) is 29.8 Å². The van der Waals surface area contributed by atoms with E-state index < -0.39 is 10.0 Å². The summed E-state index contributed by atoms with van der Waals surface area (Å²) in [7, 11) is -3.37. The van der Waals surface area contributed by atoms with E-state index in [0.717, 1.165) is 25.8 Å². The van der Waals surface area contributed by atoms with Crippen molar-refractivity contribution in [1.29, 1.82) is 0 Å². The number of aryl methyl sites for hydroxylation is 1. The van der Waals surface area contributed by atoms with E-state index in [1.165, 1.54) is 5.56 Å². The van der Waals surface area contributed by atoms with Gasteiger partial charge in [0, 0.05) is 13.1 Å². The fraction of sp³-hybridized carbons (Fsp3) is 0.571. The highest BCUT2D eigenvalue weighted by Crippen LogP contribution is 2.11. The molecule has 5 heteroatoms. The number of benzene rings is 1. The molecule has 0 aliphatic carbocycles. The highest BCUT2D eigenvalue weighted by atomic mass is 32.2. The maximum Gasteiger partial charge on any atom is 0.240 e. The van der Waals surface area contributed by atoms with E-state index in [9.17, 15) is 8.42 Å². The van der Waals surface area contributed by atoms with Crippen molar-refractivity contribution in [3.63, 3.8) is 0 Å². The van der Waals surface area contributed by atoms with E-state index in [-0.39, 0.29) is 0 Å². The van der Waals surface area contributed by atoms with E-state index in [1.54, 1.807) is 12.1 Å². The van der Waals surface area contributed by atoms with Gasteiger partial charge in [-0.2, -0.15) is 0 Å². The summed E-state index contributed by atoms with van der Waals surface area (Å²) in [4.78, 5) is 0.336. The van der Waals surface area contributed by atoms with Crippen LogP contribution in [0.15, 0.2) is 29.2 Å². The molecule has 0 atom stereocenters. The number of hydrogen-bond acceptors (Lipinski definition) is 3. The maximum atomic E-state index is 12.0. The van der Waals surface area contributed by atoms with E-state index in [0.29, 0.717) is 18.0 Å². The molecule has 1 aromatic carbocycles. The van der Waals surface area contributed by atoms with Gasteiger partial charge in [0.2, 0.25) is 10.0 Å². The van der Waals surface area contributed by atoms with Gasteiger partial charge in [0.05, 0.1) is 4.90 Å². The van der Waals surface area contributed by atoms with Crippen LogP contribution in [0.2, 0.25) is 0 Å². The minimum Gasteiger partial charge on any atom is -0.315 e. The van der Waals surface area contributed by atoms with Crippen LogP contribution in [0.25, 0.3) is 0 Å². The lowest BCUT2D eigenvalue weighted by Gasteiger charge is -2.08. The van der Waals surface area contributed by atoms with Crippen LogP contribution in [0.4, 0.5) is 0 Å². The third kappa shape index (κ3) is 5.72. The molecule has 0 unspecified atom stereocenters. The largest absolute Gasteiger partial charge is 0.315 e. The molecular weight excluding hydrogens is 260 g/mol. The molecular formula is C14H24N2O2S. The fourth-order valence-electron chi connectivity index (χ4n) is 1.78. The van der Waals surface area contributed by atoms with Gasteiger partial charge in [-0.3, -0.25) is 0 Å². The number of hydrogen-bond donors (Lipinski definition) is 2. The second kappa shape index (κ2) is 8.30. The molecule has 0 aliphatic heterocycles. The first kappa shape index (κ1) is 16.1. The van der Waals surface area contributed by atoms with Crippen LogP contribution in [0, 0.1) is 0 Å². The SMILES string of the molecule is CCCNCCNS(=O)(=O)c1ccc(CCC)cc1. The van der Waals surface area contributed by atoms with Gasteiger partial charge < -0.3 is 5.32 Å². The standard InChI is InChI=1S/C14H24N2O2S/c1-3-5-13-6-8-14(9-7-13)19(17,18)16-12-11-15-10-4-2/h6-9,15-16H,3-5,10-12H2,1-2H3. The molecule has 1 rings (SSSR count). The smallest absolute Gasteiger partial charge is 0.240 e. The summed E-state index contributed by atoms with van der Waals surface area (Å²) >= 11 is 0. The summed E-state index contributed by atoms with van der Waals surface area (Å²) in [5, 5.41) is 3.16. The highest BCUT2D eigenvalue weighted by molar-refractivity contribution is 7.89. The fourth-order valence-corrected chi connectivity index (χ4v) is 2.81. The zero-order chi connectivity index (χ0) is 14.1. The lowest BCUT2D eigenvalue weighted by atomic mass is 10.1. The Bertz CT molecular complexity index is 455. The first-order chi connectivity index (χ1) is 9.10. The Morgan fingerprint density at radius 1 is 0.947 bits per heavy atom. The summed E-state index contributed by atoms with van der Waals surface area (Å²) in [6.45, 7) is 6.16. The van der Waals surface area contributed by atoms with Gasteiger partial charge in [-0.25, -0.2) is 13.1 Å². The van der Waals surface area contributed by atoms with Crippen molar-refractivity contribution >= 4 is 10.0 Å². The van der Waals surface area contributed by atoms with Crippen molar-refractivity contribution < 1.29 is 8.42 Å². The van der Waals surface area contributed by atoms with Gasteiger partial charge >= 0.3 is 0 Å². The lowest BCUT2D eigenvalue weighted by molar-refractivity contribution is 0.575. The molecule has 1 aromatic rings. The molecule has 0 saturated carbocycles. The predicted octanol–water partition coefficient (Wildman–Crippen LogP) is 1.92. The molecule has 108 valence electrons. The predicted molar refractivity (Wildman–Crippen MR) is 78.8 cm³/mol. The first-order valence-electron chi connectivity index (χ1n) is 6.89. The average molecular weight is 284 g/mol. The average Bonchev–Trinajstić information content (AvgIpc) is 2.39. The molecule has 0 bridgehead atoms. The lowest BCUT2D eigenvalue weighted by Crippen LogP contribution is -2.32. The van der Waals surface area contributed by atoms with E-state index in [2.05, 4.69) is 23.9 Å². The molecule has 0 fully saturated rings. The second-order valence-corrected chi connectivity index (χ2v) is 6.31. The van der Waals surface area contributed by atoms with Crippen molar-refractivity contribution in [1.82, 2.24) is 10.0 Å². The Kier molecular flexibility index (Phi) is 7.05. The Labute approximate surface area is 116 Å². The second-order valence-electron chi connectivity index (χ2n) is 4.54. The summed E-state index contributed by atoms with van der Waals surface area (Å²) in [5.74, 6) is 0. The zero-order valence-electron chi connectivity index (χ0n) is 11.8. The maximum absolute atomic E-state index is 12.0. The highest BCUT2D eigenvalue weighted by Gasteiger charge is 2.12. The van der Waals surface area contributed by atoms with Crippen molar-refractivity contribution in [2.75, 3.05) is 19.6 Å². The molecule has 0 aliphatic rings. The molecule has 0 heterocycles. The van der Waals surface area contributed by atoms with Gasteiger partial charge in [-0.15, -0.1) is 0 Å². The van der Waals surface area contributed by atoms with Crippen LogP contribution >= 0.6 is 0 Å². The van der Waals surface area contributed by atoms with Crippen LogP contribution in [-0.2, 0) is 16.4 Å². The number of sulfonamides is 1. The molecule has 0 saturated heterocycles. The van der Waals surface area contributed by atoms with Crippen LogP contribution in [0.1, 0.15) is 32.3 Å². The summed E-state index contributed by atoms with van der Waals surface area (Å²) in [6.07, 6.45) is 3.09. The topological polar surface area (TPSA) is 58.2 Å². The van der Waals surface area contributed by atoms with Gasteiger partial charge in [0.1, 0.15) is 0 Å². The van der Waals surface area contributed by atoms with Crippen molar-refractivity contribution in [2.24, 2.45) is 0 Å². The Morgan fingerprint density at radius 3 is 2.21 bits per heavy atom. The Morgan fingerprint density at radius 2 is 1.63 bits per heavy atom. The monoisotopic (exact) mass is 284 g/mol. The number of nitrogens with one attached hydrogen (secondary N) is 2. The Balaban J connectivity index is 2.52. The van der Waals surface area contributed by atoms with Gasteiger partial charge in [0.15, 0.2) is 0 Å². The summed E-state index contributed by atoms with van der Waals surface area (Å²) < 4.78 is 26.6. The Hall–Kier alpha value is -0.910. The zero-order valence-corrected chi connectivity index (χ0v) is 12.6. The molecule has 4 nitrogen and oxygen atoms in total. The third-order valence-corrected chi connectivity index (χ3v) is 4.27. The molecule has 19 heavy (non-hydrogen) atoms. The normalized spacial score (nSPS) is 11.7. The van der Waals surface area contributed by atoms with E-state index >= 15 is 0 Å². The molecule has 0 amide bonds. The minimum atomic E-state index is -3.37. The minimum absolute atomic E-state index is 0.336. The summed E-state index contributed by atoms with van der Waals surface area (Å²) in [5.41, 5.74) is 1.17. The van der Waals surface area contributed by atoms with Crippen LogP contribution < -0.4 is 10.0 Å². The van der Waals surface area contributed by atoms with E-state index in [1.807, 2.05) is 12.1 Å². The quantitative estimate of drug-likeness (QED) is 0.681. The first-order valence-corrected chi connectivity index (χ1v) is 8.37. The molecule has 0 aromatic heterocycles. The van der Waals surface area contributed by atoms with Crippen LogP contribution in [0.3, 0.4) is 0 Å². The third-order valence-electron chi connectivity index (χ3n) is 2.79. The van der Waals surface area contributed by atoms with Crippen LogP contribution in [-0.4, -0.2) is 28.1 Å². The van der Waals surface area contributed by atoms with Gasteiger partial charge in [0.25, 0.3) is 0 Å². The molecule has 2 N–H and O–H groups in total.